The van der Waals surface area contributed by atoms with Gasteiger partial charge in [-0.15, -0.1) is 0 Å². The number of benzene rings is 1. The van der Waals surface area contributed by atoms with Crippen LogP contribution >= 0.6 is 11.6 Å². The monoisotopic (exact) mass is 207 g/mol. The van der Waals surface area contributed by atoms with Crippen molar-refractivity contribution in [2.75, 3.05) is 7.05 Å². The van der Waals surface area contributed by atoms with Gasteiger partial charge in [0.1, 0.15) is 0 Å². The second-order valence-corrected chi connectivity index (χ2v) is 4.99. The molecule has 14 heavy (non-hydrogen) atoms. The Morgan fingerprint density at radius 1 is 1.43 bits per heavy atom. The highest BCUT2D eigenvalue weighted by molar-refractivity contribution is 6.30. The zero-order chi connectivity index (χ0) is 9.76. The molecular formula is C12H14ClN. The van der Waals surface area contributed by atoms with Crippen LogP contribution in [0.15, 0.2) is 18.2 Å². The molecule has 0 aromatic heterocycles. The standard InChI is InChI=1S/C12H14ClN/c1-14-11-7-12(4-5-12)10-3-2-8(13)6-9(10)11/h2-3,6,11,14H,4-5,7H2,1H3. The molecule has 1 N–H and O–H groups in total. The number of fused-ring (bicyclic) bond motifs is 2. The molecule has 1 atom stereocenters. The van der Waals surface area contributed by atoms with E-state index in [4.69, 9.17) is 11.6 Å². The summed E-state index contributed by atoms with van der Waals surface area (Å²) in [4.78, 5) is 0. The van der Waals surface area contributed by atoms with Crippen LogP contribution in [-0.4, -0.2) is 7.05 Å². The van der Waals surface area contributed by atoms with Crippen molar-refractivity contribution in [3.8, 4) is 0 Å². The summed E-state index contributed by atoms with van der Waals surface area (Å²) in [5.41, 5.74) is 3.49. The molecule has 2 aliphatic carbocycles. The Bertz CT molecular complexity index is 382. The third-order valence-corrected chi connectivity index (χ3v) is 3.99. The van der Waals surface area contributed by atoms with Crippen molar-refractivity contribution in [1.29, 1.82) is 0 Å². The third-order valence-electron chi connectivity index (χ3n) is 3.76. The summed E-state index contributed by atoms with van der Waals surface area (Å²) >= 11 is 6.03. The topological polar surface area (TPSA) is 12.0 Å². The lowest BCUT2D eigenvalue weighted by Crippen LogP contribution is -2.13. The van der Waals surface area contributed by atoms with Crippen LogP contribution < -0.4 is 5.32 Å². The van der Waals surface area contributed by atoms with Crippen LogP contribution in [0.3, 0.4) is 0 Å². The largest absolute Gasteiger partial charge is 0.313 e. The highest BCUT2D eigenvalue weighted by Gasteiger charge is 2.51. The molecule has 1 fully saturated rings. The third kappa shape index (κ3) is 1.06. The van der Waals surface area contributed by atoms with E-state index in [1.165, 1.54) is 24.8 Å². The van der Waals surface area contributed by atoms with Gasteiger partial charge in [-0.05, 0) is 55.0 Å². The molecule has 0 heterocycles. The first kappa shape index (κ1) is 8.75. The molecule has 1 saturated carbocycles. The van der Waals surface area contributed by atoms with E-state index in [0.29, 0.717) is 11.5 Å². The maximum Gasteiger partial charge on any atom is 0.0409 e. The molecule has 0 bridgehead atoms. The van der Waals surface area contributed by atoms with Crippen LogP contribution in [0.5, 0.6) is 0 Å². The number of halogens is 1. The molecule has 1 nitrogen and oxygen atoms in total. The van der Waals surface area contributed by atoms with E-state index < -0.39 is 0 Å². The fourth-order valence-corrected chi connectivity index (χ4v) is 2.98. The van der Waals surface area contributed by atoms with Crippen molar-refractivity contribution in [1.82, 2.24) is 5.32 Å². The summed E-state index contributed by atoms with van der Waals surface area (Å²) in [5.74, 6) is 0. The van der Waals surface area contributed by atoms with Gasteiger partial charge in [-0.3, -0.25) is 0 Å². The normalized spacial score (nSPS) is 26.6. The molecule has 1 aromatic carbocycles. The van der Waals surface area contributed by atoms with Gasteiger partial charge in [-0.2, -0.15) is 0 Å². The first-order chi connectivity index (χ1) is 6.75. The lowest BCUT2D eigenvalue weighted by Gasteiger charge is -2.09. The predicted octanol–water partition coefficient (Wildman–Crippen LogP) is 3.04. The second-order valence-electron chi connectivity index (χ2n) is 4.56. The first-order valence-corrected chi connectivity index (χ1v) is 5.60. The van der Waals surface area contributed by atoms with Crippen LogP contribution in [0.4, 0.5) is 0 Å². The van der Waals surface area contributed by atoms with Crippen LogP contribution in [0.25, 0.3) is 0 Å². The van der Waals surface area contributed by atoms with Crippen LogP contribution in [0.1, 0.15) is 36.4 Å². The van der Waals surface area contributed by atoms with Gasteiger partial charge < -0.3 is 5.32 Å². The molecule has 2 aliphatic rings. The lowest BCUT2D eigenvalue weighted by atomic mass is 9.99. The van der Waals surface area contributed by atoms with Crippen molar-refractivity contribution in [2.45, 2.75) is 30.7 Å². The first-order valence-electron chi connectivity index (χ1n) is 5.22. The van der Waals surface area contributed by atoms with Gasteiger partial charge in [0, 0.05) is 11.1 Å². The van der Waals surface area contributed by atoms with E-state index in [1.807, 2.05) is 13.1 Å². The quantitative estimate of drug-likeness (QED) is 0.747. The van der Waals surface area contributed by atoms with E-state index in [1.54, 1.807) is 5.56 Å². The van der Waals surface area contributed by atoms with Gasteiger partial charge >= 0.3 is 0 Å². The van der Waals surface area contributed by atoms with Crippen molar-refractivity contribution in [2.24, 2.45) is 0 Å². The van der Waals surface area contributed by atoms with Crippen LogP contribution in [0, 0.1) is 0 Å². The average molecular weight is 208 g/mol. The number of rotatable bonds is 1. The summed E-state index contributed by atoms with van der Waals surface area (Å²) in [6.07, 6.45) is 3.98. The minimum Gasteiger partial charge on any atom is -0.313 e. The van der Waals surface area contributed by atoms with Crippen molar-refractivity contribution < 1.29 is 0 Å². The van der Waals surface area contributed by atoms with Gasteiger partial charge in [0.05, 0.1) is 0 Å². The molecule has 1 unspecified atom stereocenters. The molecule has 74 valence electrons. The van der Waals surface area contributed by atoms with Crippen LogP contribution in [-0.2, 0) is 5.41 Å². The predicted molar refractivity (Wildman–Crippen MR) is 58.8 cm³/mol. The van der Waals surface area contributed by atoms with E-state index in [2.05, 4.69) is 17.4 Å². The van der Waals surface area contributed by atoms with E-state index in [-0.39, 0.29) is 0 Å². The maximum atomic E-state index is 6.03. The summed E-state index contributed by atoms with van der Waals surface area (Å²) in [7, 11) is 2.04. The Balaban J connectivity index is 2.13. The highest BCUT2D eigenvalue weighted by Crippen LogP contribution is 2.60. The molecule has 2 heteroatoms. The molecule has 1 spiro atoms. The summed E-state index contributed by atoms with van der Waals surface area (Å²) in [6.45, 7) is 0. The van der Waals surface area contributed by atoms with Gasteiger partial charge in [-0.1, -0.05) is 17.7 Å². The van der Waals surface area contributed by atoms with E-state index in [9.17, 15) is 0 Å². The Labute approximate surface area is 89.5 Å². The zero-order valence-electron chi connectivity index (χ0n) is 8.31. The molecule has 0 aliphatic heterocycles. The van der Waals surface area contributed by atoms with Gasteiger partial charge in [0.15, 0.2) is 0 Å². The van der Waals surface area contributed by atoms with Crippen LogP contribution in [0.2, 0.25) is 5.02 Å². The van der Waals surface area contributed by atoms with E-state index >= 15 is 0 Å². The summed E-state index contributed by atoms with van der Waals surface area (Å²) in [6, 6.07) is 6.90. The molecule has 0 amide bonds. The van der Waals surface area contributed by atoms with Gasteiger partial charge in [0.2, 0.25) is 0 Å². The zero-order valence-corrected chi connectivity index (χ0v) is 9.06. The highest BCUT2D eigenvalue weighted by atomic mass is 35.5. The van der Waals surface area contributed by atoms with Crippen molar-refractivity contribution in [3.63, 3.8) is 0 Å². The molecule has 0 saturated heterocycles. The summed E-state index contributed by atoms with van der Waals surface area (Å²) < 4.78 is 0. The lowest BCUT2D eigenvalue weighted by molar-refractivity contribution is 0.526. The Hall–Kier alpha value is -0.530. The number of nitrogens with one attached hydrogen (secondary N) is 1. The fourth-order valence-electron chi connectivity index (χ4n) is 2.80. The summed E-state index contributed by atoms with van der Waals surface area (Å²) in [5, 5.41) is 4.25. The van der Waals surface area contributed by atoms with E-state index in [0.717, 1.165) is 5.02 Å². The molecule has 3 rings (SSSR count). The second kappa shape index (κ2) is 2.74. The Morgan fingerprint density at radius 2 is 2.21 bits per heavy atom. The molecule has 0 radical (unpaired) electrons. The Kier molecular flexibility index (Phi) is 1.71. The number of hydrogen-bond donors (Lipinski definition) is 1. The fraction of sp³-hybridized carbons (Fsp3) is 0.500. The SMILES string of the molecule is CNC1CC2(CC2)c2ccc(Cl)cc21. The minimum atomic E-state index is 0.520. The smallest absolute Gasteiger partial charge is 0.0409 e. The van der Waals surface area contributed by atoms with Crippen molar-refractivity contribution in [3.05, 3.63) is 34.3 Å². The minimum absolute atomic E-state index is 0.520. The van der Waals surface area contributed by atoms with Gasteiger partial charge in [-0.25, -0.2) is 0 Å². The molecular weight excluding hydrogens is 194 g/mol. The maximum absolute atomic E-state index is 6.03. The van der Waals surface area contributed by atoms with Crippen molar-refractivity contribution >= 4 is 11.6 Å². The Morgan fingerprint density at radius 3 is 2.86 bits per heavy atom. The van der Waals surface area contributed by atoms with Gasteiger partial charge in [0.25, 0.3) is 0 Å². The average Bonchev–Trinajstić information content (AvgIpc) is 2.87. The molecule has 1 aromatic rings. The number of hydrogen-bond acceptors (Lipinski definition) is 1.